The van der Waals surface area contributed by atoms with E-state index in [1.54, 1.807) is 31.4 Å². The van der Waals surface area contributed by atoms with Crippen LogP contribution in [-0.2, 0) is 36.4 Å². The number of amides is 1. The summed E-state index contributed by atoms with van der Waals surface area (Å²) in [4.78, 5) is 16.3. The number of imidazole rings is 1. The second-order valence-corrected chi connectivity index (χ2v) is 11.6. The zero-order valence-electron chi connectivity index (χ0n) is 21.4. The van der Waals surface area contributed by atoms with Crippen molar-refractivity contribution in [1.82, 2.24) is 9.55 Å². The summed E-state index contributed by atoms with van der Waals surface area (Å²) in [6.07, 6.45) is 1.98. The lowest BCUT2D eigenvalue weighted by atomic mass is 9.99. The molecule has 3 aromatic rings. The van der Waals surface area contributed by atoms with Crippen LogP contribution in [-0.4, -0.2) is 51.2 Å². The highest BCUT2D eigenvalue weighted by Gasteiger charge is 2.30. The summed E-state index contributed by atoms with van der Waals surface area (Å²) in [6, 6.07) is 11.6. The summed E-state index contributed by atoms with van der Waals surface area (Å²) in [7, 11) is -0.625. The molecular weight excluding hydrogens is 480 g/mol. The predicted molar refractivity (Wildman–Crippen MR) is 140 cm³/mol. The van der Waals surface area contributed by atoms with Crippen LogP contribution in [0, 0.1) is 5.92 Å². The van der Waals surface area contributed by atoms with Crippen molar-refractivity contribution >= 4 is 38.3 Å². The summed E-state index contributed by atoms with van der Waals surface area (Å²) in [5.74, 6) is 1.07. The summed E-state index contributed by atoms with van der Waals surface area (Å²) in [6.45, 7) is 7.69. The minimum atomic E-state index is -3.82. The van der Waals surface area contributed by atoms with E-state index in [1.807, 2.05) is 19.9 Å². The number of ether oxygens (including phenoxy) is 2. The smallest absolute Gasteiger partial charge is 0.264 e. The first-order valence-electron chi connectivity index (χ1n) is 12.0. The fourth-order valence-electron chi connectivity index (χ4n) is 4.45. The molecule has 0 atom stereocenters. The predicted octanol–water partition coefficient (Wildman–Crippen LogP) is 4.13. The number of methoxy groups -OCH3 is 1. The first kappa shape index (κ1) is 26.1. The van der Waals surface area contributed by atoms with Gasteiger partial charge in [-0.25, -0.2) is 13.4 Å². The van der Waals surface area contributed by atoms with Crippen LogP contribution in [0.4, 0.5) is 11.4 Å². The van der Waals surface area contributed by atoms with Crippen molar-refractivity contribution in [2.24, 2.45) is 5.92 Å². The first-order chi connectivity index (χ1) is 17.0. The first-order valence-corrected chi connectivity index (χ1v) is 13.5. The molecule has 2 heterocycles. The van der Waals surface area contributed by atoms with E-state index >= 15 is 0 Å². The molecule has 0 bridgehead atoms. The van der Waals surface area contributed by atoms with Crippen molar-refractivity contribution in [3.8, 4) is 0 Å². The number of benzene rings is 2. The molecule has 9 nitrogen and oxygen atoms in total. The van der Waals surface area contributed by atoms with Gasteiger partial charge < -0.3 is 19.4 Å². The van der Waals surface area contributed by atoms with Gasteiger partial charge in [-0.05, 0) is 75.1 Å². The van der Waals surface area contributed by atoms with Crippen LogP contribution in [0.25, 0.3) is 11.0 Å². The van der Waals surface area contributed by atoms with E-state index in [2.05, 4.69) is 9.88 Å². The Balaban J connectivity index is 1.69. The topological polar surface area (TPSA) is 103 Å². The fourth-order valence-corrected chi connectivity index (χ4v) is 5.63. The number of fused-ring (bicyclic) bond motifs is 1. The van der Waals surface area contributed by atoms with E-state index in [0.29, 0.717) is 22.8 Å². The van der Waals surface area contributed by atoms with Crippen LogP contribution < -0.4 is 9.62 Å². The van der Waals surface area contributed by atoms with Crippen LogP contribution in [0.3, 0.4) is 0 Å². The maximum absolute atomic E-state index is 13.3. The van der Waals surface area contributed by atoms with Crippen molar-refractivity contribution in [2.45, 2.75) is 50.7 Å². The monoisotopic (exact) mass is 514 g/mol. The van der Waals surface area contributed by atoms with E-state index in [-0.39, 0.29) is 10.8 Å². The molecule has 36 heavy (non-hydrogen) atoms. The van der Waals surface area contributed by atoms with E-state index in [4.69, 9.17) is 14.5 Å². The molecule has 1 aliphatic heterocycles. The highest BCUT2D eigenvalue weighted by Crippen LogP contribution is 2.33. The van der Waals surface area contributed by atoms with Crippen molar-refractivity contribution in [1.29, 1.82) is 0 Å². The van der Waals surface area contributed by atoms with Crippen LogP contribution in [0.5, 0.6) is 0 Å². The van der Waals surface area contributed by atoms with E-state index in [0.717, 1.165) is 43.9 Å². The zero-order chi connectivity index (χ0) is 26.1. The molecule has 1 N–H and O–H groups in total. The number of carbonyl (C=O) groups is 1. The molecule has 1 aliphatic rings. The second-order valence-electron chi connectivity index (χ2n) is 9.67. The summed E-state index contributed by atoms with van der Waals surface area (Å²) >= 11 is 0. The Bertz CT molecular complexity index is 1340. The number of sulfonamides is 1. The third kappa shape index (κ3) is 5.25. The molecule has 0 spiro atoms. The molecule has 1 saturated heterocycles. The maximum Gasteiger partial charge on any atom is 0.264 e. The van der Waals surface area contributed by atoms with Crippen LogP contribution in [0.15, 0.2) is 47.4 Å². The number of anilines is 2. The van der Waals surface area contributed by atoms with Crippen LogP contribution >= 0.6 is 0 Å². The Morgan fingerprint density at radius 2 is 1.86 bits per heavy atom. The Morgan fingerprint density at radius 1 is 1.19 bits per heavy atom. The van der Waals surface area contributed by atoms with Crippen molar-refractivity contribution in [3.63, 3.8) is 0 Å². The Hall–Kier alpha value is -2.95. The van der Waals surface area contributed by atoms with Gasteiger partial charge in [0.2, 0.25) is 5.91 Å². The Morgan fingerprint density at radius 3 is 2.47 bits per heavy atom. The largest absolute Gasteiger partial charge is 0.381 e. The van der Waals surface area contributed by atoms with Gasteiger partial charge in [-0.15, -0.1) is 0 Å². The van der Waals surface area contributed by atoms with Crippen LogP contribution in [0.1, 0.15) is 39.4 Å². The average molecular weight is 515 g/mol. The second kappa shape index (κ2) is 10.2. The lowest BCUT2D eigenvalue weighted by molar-refractivity contribution is -0.114. The third-order valence-electron chi connectivity index (χ3n) is 6.76. The number of nitrogens with one attached hydrogen (secondary N) is 1. The summed E-state index contributed by atoms with van der Waals surface area (Å²) in [5, 5.41) is 2.64. The molecule has 4 rings (SSSR count). The normalized spacial score (nSPS) is 15.2. The third-order valence-corrected chi connectivity index (χ3v) is 8.56. The molecule has 0 radical (unpaired) electrons. The number of hydrogen-bond donors (Lipinski definition) is 1. The minimum Gasteiger partial charge on any atom is -0.381 e. The average Bonchev–Trinajstić information content (AvgIpc) is 3.22. The quantitative estimate of drug-likeness (QED) is 0.485. The lowest BCUT2D eigenvalue weighted by Crippen LogP contribution is -2.28. The molecule has 10 heteroatoms. The van der Waals surface area contributed by atoms with E-state index in [1.165, 1.54) is 30.4 Å². The van der Waals surface area contributed by atoms with Gasteiger partial charge in [0, 0.05) is 46.5 Å². The molecule has 1 fully saturated rings. The van der Waals surface area contributed by atoms with Gasteiger partial charge >= 0.3 is 0 Å². The van der Waals surface area contributed by atoms with Gasteiger partial charge in [-0.1, -0.05) is 0 Å². The van der Waals surface area contributed by atoms with Gasteiger partial charge in [0.1, 0.15) is 11.4 Å². The van der Waals surface area contributed by atoms with Gasteiger partial charge in [0.25, 0.3) is 10.0 Å². The summed E-state index contributed by atoms with van der Waals surface area (Å²) in [5.41, 5.74) is 2.08. The van der Waals surface area contributed by atoms with Gasteiger partial charge in [0.05, 0.1) is 21.6 Å². The Labute approximate surface area is 212 Å². The highest BCUT2D eigenvalue weighted by atomic mass is 32.2. The highest BCUT2D eigenvalue weighted by molar-refractivity contribution is 7.92. The molecule has 2 aromatic carbocycles. The fraction of sp³-hybridized carbons (Fsp3) is 0.462. The van der Waals surface area contributed by atoms with Gasteiger partial charge in [-0.2, -0.15) is 0 Å². The summed E-state index contributed by atoms with van der Waals surface area (Å²) < 4.78 is 41.4. The number of rotatable bonds is 8. The molecule has 1 amide bonds. The van der Waals surface area contributed by atoms with Gasteiger partial charge in [0.15, 0.2) is 0 Å². The lowest BCUT2D eigenvalue weighted by Gasteiger charge is -2.27. The zero-order valence-corrected chi connectivity index (χ0v) is 22.3. The van der Waals surface area contributed by atoms with Crippen molar-refractivity contribution < 1.29 is 22.7 Å². The maximum atomic E-state index is 13.3. The number of hydrogen-bond acceptors (Lipinski definition) is 6. The number of aromatic nitrogens is 2. The van der Waals surface area contributed by atoms with E-state index < -0.39 is 15.6 Å². The minimum absolute atomic E-state index is 0.130. The molecule has 0 aliphatic carbocycles. The number of carbonyl (C=O) groups excluding carboxylic acids is 1. The molecule has 0 saturated carbocycles. The van der Waals surface area contributed by atoms with E-state index in [9.17, 15) is 13.2 Å². The number of nitrogens with zero attached hydrogens (tertiary/aromatic N) is 3. The SMILES string of the molecule is COC(C)(C)c1nc2cc(N(C)S(=O)(=O)c3ccc(NC(C)=O)cc3)ccc2n1CC1CCOCC1. The van der Waals surface area contributed by atoms with Gasteiger partial charge in [-0.3, -0.25) is 9.10 Å². The molecule has 1 aromatic heterocycles. The van der Waals surface area contributed by atoms with Crippen molar-refractivity contribution in [3.05, 3.63) is 48.3 Å². The van der Waals surface area contributed by atoms with Crippen LogP contribution in [0.2, 0.25) is 0 Å². The standard InChI is InChI=1S/C26H34N4O5S/c1-18(31)27-20-6-9-22(10-7-20)36(32,33)29(4)21-8-11-24-23(16-21)28-25(26(2,3)34-5)30(24)17-19-12-14-35-15-13-19/h6-11,16,19H,12-15,17H2,1-5H3,(H,27,31). The van der Waals surface area contributed by atoms with Crippen molar-refractivity contribution in [2.75, 3.05) is 37.0 Å². The Kier molecular flexibility index (Phi) is 7.40. The molecular formula is C26H34N4O5S. The molecule has 0 unspecified atom stereocenters. The molecule has 194 valence electrons.